The molecule has 1 aromatic carbocycles. The highest BCUT2D eigenvalue weighted by molar-refractivity contribution is 5.69. The molecule has 0 spiro atoms. The molecule has 1 atom stereocenters. The Hall–Kier alpha value is -1.51. The zero-order valence-electron chi connectivity index (χ0n) is 9.32. The van der Waals surface area contributed by atoms with Crippen LogP contribution in [0, 0.1) is 6.92 Å². The van der Waals surface area contributed by atoms with Crippen LogP contribution in [0.1, 0.15) is 18.9 Å². The zero-order chi connectivity index (χ0) is 11.3. The summed E-state index contributed by atoms with van der Waals surface area (Å²) in [5.74, 6) is 0.520. The molecule has 0 aliphatic heterocycles. The van der Waals surface area contributed by atoms with Crippen molar-refractivity contribution in [2.24, 2.45) is 0 Å². The van der Waals surface area contributed by atoms with Crippen LogP contribution in [0.25, 0.3) is 0 Å². The number of carbonyl (C=O) groups excluding carboxylic acids is 1. The monoisotopic (exact) mass is 208 g/mol. The highest BCUT2D eigenvalue weighted by Crippen LogP contribution is 2.14. The van der Waals surface area contributed by atoms with Gasteiger partial charge in [-0.2, -0.15) is 0 Å². The summed E-state index contributed by atoms with van der Waals surface area (Å²) in [5, 5.41) is 0. The van der Waals surface area contributed by atoms with E-state index in [0.717, 1.165) is 5.75 Å². The molecule has 0 heterocycles. The van der Waals surface area contributed by atoms with E-state index in [1.165, 1.54) is 12.7 Å². The predicted octanol–water partition coefficient (Wildman–Crippen LogP) is 2.33. The van der Waals surface area contributed by atoms with Crippen molar-refractivity contribution in [2.75, 3.05) is 7.11 Å². The van der Waals surface area contributed by atoms with Crippen LogP contribution in [0.15, 0.2) is 24.3 Å². The molecule has 1 unspecified atom stereocenters. The van der Waals surface area contributed by atoms with Gasteiger partial charge in [0.05, 0.1) is 13.5 Å². The number of rotatable bonds is 4. The molecule has 0 N–H and O–H groups in total. The minimum absolute atomic E-state index is 0.167. The van der Waals surface area contributed by atoms with Gasteiger partial charge in [0.2, 0.25) is 0 Å². The number of benzene rings is 1. The molecule has 0 aliphatic carbocycles. The number of esters is 1. The largest absolute Gasteiger partial charge is 0.490 e. The van der Waals surface area contributed by atoms with Gasteiger partial charge < -0.3 is 9.47 Å². The fourth-order valence-corrected chi connectivity index (χ4v) is 1.21. The van der Waals surface area contributed by atoms with Crippen molar-refractivity contribution < 1.29 is 14.3 Å². The van der Waals surface area contributed by atoms with Gasteiger partial charge in [-0.15, -0.1) is 0 Å². The van der Waals surface area contributed by atoms with Crippen molar-refractivity contribution >= 4 is 5.97 Å². The Morgan fingerprint density at radius 1 is 1.33 bits per heavy atom. The van der Waals surface area contributed by atoms with E-state index < -0.39 is 0 Å². The molecule has 0 amide bonds. The molecule has 0 saturated heterocycles. The van der Waals surface area contributed by atoms with Crippen LogP contribution in [0.2, 0.25) is 0 Å². The maximum absolute atomic E-state index is 11.0. The van der Waals surface area contributed by atoms with Crippen molar-refractivity contribution in [1.29, 1.82) is 0 Å². The fourth-order valence-electron chi connectivity index (χ4n) is 1.21. The molecule has 82 valence electrons. The van der Waals surface area contributed by atoms with Crippen LogP contribution >= 0.6 is 0 Å². The number of ether oxygens (including phenoxy) is 2. The molecule has 0 aliphatic rings. The average Bonchev–Trinajstić information content (AvgIpc) is 2.21. The Balaban J connectivity index is 2.47. The Morgan fingerprint density at radius 2 is 1.93 bits per heavy atom. The molecule has 3 nitrogen and oxygen atoms in total. The number of methoxy groups -OCH3 is 1. The summed E-state index contributed by atoms with van der Waals surface area (Å²) in [6.45, 7) is 3.86. The van der Waals surface area contributed by atoms with Crippen LogP contribution in [0.3, 0.4) is 0 Å². The van der Waals surface area contributed by atoms with Gasteiger partial charge >= 0.3 is 5.97 Å². The van der Waals surface area contributed by atoms with Crippen molar-refractivity contribution in [3.05, 3.63) is 29.8 Å². The number of hydrogen-bond donors (Lipinski definition) is 0. The van der Waals surface area contributed by atoms with Gasteiger partial charge in [-0.05, 0) is 26.0 Å². The lowest BCUT2D eigenvalue weighted by atomic mass is 10.2. The summed E-state index contributed by atoms with van der Waals surface area (Å²) >= 11 is 0. The third-order valence-electron chi connectivity index (χ3n) is 2.04. The molecular formula is C12H16O3. The lowest BCUT2D eigenvalue weighted by Gasteiger charge is -2.13. The molecule has 3 heteroatoms. The van der Waals surface area contributed by atoms with E-state index >= 15 is 0 Å². The summed E-state index contributed by atoms with van der Waals surface area (Å²) in [6.07, 6.45) is 0.102. The molecule has 1 rings (SSSR count). The van der Waals surface area contributed by atoms with E-state index in [1.54, 1.807) is 0 Å². The molecule has 0 bridgehead atoms. The maximum Gasteiger partial charge on any atom is 0.309 e. The molecule has 15 heavy (non-hydrogen) atoms. The highest BCUT2D eigenvalue weighted by atomic mass is 16.5. The third-order valence-corrected chi connectivity index (χ3v) is 2.04. The lowest BCUT2D eigenvalue weighted by molar-refractivity contribution is -0.142. The zero-order valence-corrected chi connectivity index (χ0v) is 9.32. The van der Waals surface area contributed by atoms with E-state index in [-0.39, 0.29) is 18.5 Å². The van der Waals surface area contributed by atoms with Crippen LogP contribution in [-0.4, -0.2) is 19.2 Å². The second kappa shape index (κ2) is 5.39. The van der Waals surface area contributed by atoms with Gasteiger partial charge in [0, 0.05) is 0 Å². The van der Waals surface area contributed by atoms with E-state index in [9.17, 15) is 4.79 Å². The topological polar surface area (TPSA) is 35.5 Å². The summed E-state index contributed by atoms with van der Waals surface area (Å²) < 4.78 is 10.1. The molecule has 0 aromatic heterocycles. The SMILES string of the molecule is COC(=O)CC(C)Oc1ccc(C)cc1. The Labute approximate surface area is 90.0 Å². The summed E-state index contributed by atoms with van der Waals surface area (Å²) in [5.41, 5.74) is 1.18. The van der Waals surface area contributed by atoms with Crippen LogP contribution < -0.4 is 4.74 Å². The second-order valence-electron chi connectivity index (χ2n) is 3.52. The van der Waals surface area contributed by atoms with Gasteiger partial charge in [-0.25, -0.2) is 0 Å². The van der Waals surface area contributed by atoms with Gasteiger partial charge in [0.15, 0.2) is 0 Å². The first-order chi connectivity index (χ1) is 7.11. The average molecular weight is 208 g/mol. The van der Waals surface area contributed by atoms with Crippen molar-refractivity contribution in [3.8, 4) is 5.75 Å². The van der Waals surface area contributed by atoms with E-state index in [4.69, 9.17) is 4.74 Å². The summed E-state index contributed by atoms with van der Waals surface area (Å²) in [6, 6.07) is 7.73. The Kier molecular flexibility index (Phi) is 4.16. The third kappa shape index (κ3) is 4.02. The van der Waals surface area contributed by atoms with Crippen molar-refractivity contribution in [2.45, 2.75) is 26.4 Å². The smallest absolute Gasteiger partial charge is 0.309 e. The van der Waals surface area contributed by atoms with Gasteiger partial charge in [0.1, 0.15) is 11.9 Å². The van der Waals surface area contributed by atoms with E-state index in [2.05, 4.69) is 4.74 Å². The molecular weight excluding hydrogens is 192 g/mol. The lowest BCUT2D eigenvalue weighted by Crippen LogP contribution is -2.17. The van der Waals surface area contributed by atoms with E-state index in [1.807, 2.05) is 38.1 Å². The van der Waals surface area contributed by atoms with Crippen molar-refractivity contribution in [3.63, 3.8) is 0 Å². The van der Waals surface area contributed by atoms with Gasteiger partial charge in [-0.3, -0.25) is 4.79 Å². The predicted molar refractivity (Wildman–Crippen MR) is 57.9 cm³/mol. The van der Waals surface area contributed by atoms with Crippen molar-refractivity contribution in [1.82, 2.24) is 0 Å². The van der Waals surface area contributed by atoms with Gasteiger partial charge in [-0.1, -0.05) is 17.7 Å². The fraction of sp³-hybridized carbons (Fsp3) is 0.417. The van der Waals surface area contributed by atoms with E-state index in [0.29, 0.717) is 0 Å². The van der Waals surface area contributed by atoms with Crippen LogP contribution in [-0.2, 0) is 9.53 Å². The first kappa shape index (κ1) is 11.6. The second-order valence-corrected chi connectivity index (χ2v) is 3.52. The number of carbonyl (C=O) groups is 1. The Morgan fingerprint density at radius 3 is 2.47 bits per heavy atom. The molecule has 1 aromatic rings. The Bertz CT molecular complexity index is 316. The first-order valence-corrected chi connectivity index (χ1v) is 4.92. The quantitative estimate of drug-likeness (QED) is 0.712. The highest BCUT2D eigenvalue weighted by Gasteiger charge is 2.10. The minimum atomic E-state index is -0.255. The number of aryl methyl sites for hydroxylation is 1. The molecule has 0 radical (unpaired) electrons. The normalized spacial score (nSPS) is 11.9. The molecule has 0 saturated carbocycles. The van der Waals surface area contributed by atoms with Crippen LogP contribution in [0.5, 0.6) is 5.75 Å². The molecule has 0 fully saturated rings. The number of hydrogen-bond acceptors (Lipinski definition) is 3. The summed E-state index contributed by atoms with van der Waals surface area (Å²) in [7, 11) is 1.38. The minimum Gasteiger partial charge on any atom is -0.490 e. The van der Waals surface area contributed by atoms with Gasteiger partial charge in [0.25, 0.3) is 0 Å². The standard InChI is InChI=1S/C12H16O3/c1-9-4-6-11(7-5-9)15-10(2)8-12(13)14-3/h4-7,10H,8H2,1-3H3. The summed E-state index contributed by atoms with van der Waals surface area (Å²) in [4.78, 5) is 11.0. The maximum atomic E-state index is 11.0. The van der Waals surface area contributed by atoms with Crippen LogP contribution in [0.4, 0.5) is 0 Å². The first-order valence-electron chi connectivity index (χ1n) is 4.92.